The average molecular weight is 268 g/mol. The number of carbonyl (C=O) groups excluding carboxylic acids is 3. The standard InChI is InChI=1S/C12H16N2O5/c1-7(15)8-4-9(14(2)6-8)11(17)13-5-10(16)12(18)19-3/h4,6,10,16H,5H2,1-3H3,(H,13,17). The highest BCUT2D eigenvalue weighted by molar-refractivity contribution is 5.99. The molecule has 7 heteroatoms. The van der Waals surface area contributed by atoms with Crippen molar-refractivity contribution in [1.82, 2.24) is 9.88 Å². The van der Waals surface area contributed by atoms with Crippen LogP contribution in [-0.2, 0) is 16.6 Å². The van der Waals surface area contributed by atoms with Crippen LogP contribution in [0.1, 0.15) is 27.8 Å². The zero-order valence-corrected chi connectivity index (χ0v) is 11.0. The average Bonchev–Trinajstić information content (AvgIpc) is 2.76. The first-order valence-corrected chi connectivity index (χ1v) is 5.58. The third-order valence-electron chi connectivity index (χ3n) is 2.57. The van der Waals surface area contributed by atoms with Crippen LogP contribution < -0.4 is 5.32 Å². The second-order valence-corrected chi connectivity index (χ2v) is 4.03. The lowest BCUT2D eigenvalue weighted by atomic mass is 10.2. The van der Waals surface area contributed by atoms with Crippen molar-refractivity contribution in [2.24, 2.45) is 7.05 Å². The number of nitrogens with zero attached hydrogens (tertiary/aromatic N) is 1. The minimum Gasteiger partial charge on any atom is -0.467 e. The molecule has 7 nitrogen and oxygen atoms in total. The lowest BCUT2D eigenvalue weighted by Gasteiger charge is -2.09. The molecule has 1 rings (SSSR count). The molecule has 0 saturated heterocycles. The van der Waals surface area contributed by atoms with Crippen LogP contribution in [0, 0.1) is 0 Å². The van der Waals surface area contributed by atoms with E-state index in [0.717, 1.165) is 7.11 Å². The highest BCUT2D eigenvalue weighted by atomic mass is 16.5. The van der Waals surface area contributed by atoms with Crippen LogP contribution in [0.2, 0.25) is 0 Å². The second-order valence-electron chi connectivity index (χ2n) is 4.03. The van der Waals surface area contributed by atoms with Gasteiger partial charge in [0.05, 0.1) is 13.7 Å². The van der Waals surface area contributed by atoms with Crippen molar-refractivity contribution in [2.45, 2.75) is 13.0 Å². The molecule has 0 aliphatic heterocycles. The summed E-state index contributed by atoms with van der Waals surface area (Å²) >= 11 is 0. The number of ether oxygens (including phenoxy) is 1. The summed E-state index contributed by atoms with van der Waals surface area (Å²) in [4.78, 5) is 33.9. The molecule has 1 heterocycles. The van der Waals surface area contributed by atoms with E-state index in [1.165, 1.54) is 23.8 Å². The van der Waals surface area contributed by atoms with E-state index in [9.17, 15) is 19.5 Å². The molecule has 0 saturated carbocycles. The number of nitrogens with one attached hydrogen (secondary N) is 1. The van der Waals surface area contributed by atoms with Gasteiger partial charge in [-0.1, -0.05) is 0 Å². The van der Waals surface area contributed by atoms with E-state index in [0.29, 0.717) is 5.56 Å². The van der Waals surface area contributed by atoms with E-state index in [-0.39, 0.29) is 18.0 Å². The Morgan fingerprint density at radius 3 is 2.58 bits per heavy atom. The van der Waals surface area contributed by atoms with Gasteiger partial charge < -0.3 is 19.7 Å². The summed E-state index contributed by atoms with van der Waals surface area (Å²) in [6, 6.07) is 1.45. The number of Topliss-reactive ketones (excluding diaryl/α,β-unsaturated/α-hetero) is 1. The number of hydrogen-bond donors (Lipinski definition) is 2. The number of aliphatic hydroxyl groups is 1. The van der Waals surface area contributed by atoms with Crippen LogP contribution in [0.15, 0.2) is 12.3 Å². The van der Waals surface area contributed by atoms with Gasteiger partial charge in [0, 0.05) is 18.8 Å². The van der Waals surface area contributed by atoms with Gasteiger partial charge in [-0.05, 0) is 13.0 Å². The Bertz CT molecular complexity index is 506. The Balaban J connectivity index is 2.68. The number of aliphatic hydroxyl groups excluding tert-OH is 1. The molecule has 0 aliphatic carbocycles. The van der Waals surface area contributed by atoms with Gasteiger partial charge in [-0.25, -0.2) is 4.79 Å². The summed E-state index contributed by atoms with van der Waals surface area (Å²) in [6.45, 7) is 1.14. The van der Waals surface area contributed by atoms with Gasteiger partial charge in [0.1, 0.15) is 5.69 Å². The first-order chi connectivity index (χ1) is 8.86. The Morgan fingerprint density at radius 1 is 1.47 bits per heavy atom. The number of amides is 1. The molecule has 1 aromatic rings. The molecule has 0 aliphatic rings. The molecule has 0 spiro atoms. The van der Waals surface area contributed by atoms with E-state index < -0.39 is 18.0 Å². The zero-order chi connectivity index (χ0) is 14.6. The maximum absolute atomic E-state index is 11.8. The normalized spacial score (nSPS) is 11.8. The molecule has 0 bridgehead atoms. The van der Waals surface area contributed by atoms with Gasteiger partial charge in [0.15, 0.2) is 11.9 Å². The molecule has 1 unspecified atom stereocenters. The summed E-state index contributed by atoms with van der Waals surface area (Å²) < 4.78 is 5.82. The van der Waals surface area contributed by atoms with Gasteiger partial charge in [-0.2, -0.15) is 0 Å². The summed E-state index contributed by atoms with van der Waals surface area (Å²) in [5, 5.41) is 11.7. The smallest absolute Gasteiger partial charge is 0.336 e. The van der Waals surface area contributed by atoms with Gasteiger partial charge in [0.2, 0.25) is 0 Å². The fourth-order valence-corrected chi connectivity index (χ4v) is 1.48. The zero-order valence-electron chi connectivity index (χ0n) is 11.0. The lowest BCUT2D eigenvalue weighted by molar-refractivity contribution is -0.149. The number of carbonyl (C=O) groups is 3. The molecular weight excluding hydrogens is 252 g/mol. The number of hydrogen-bond acceptors (Lipinski definition) is 5. The lowest BCUT2D eigenvalue weighted by Crippen LogP contribution is -2.37. The van der Waals surface area contributed by atoms with Crippen molar-refractivity contribution in [3.05, 3.63) is 23.5 Å². The topological polar surface area (TPSA) is 97.6 Å². The van der Waals surface area contributed by atoms with Crippen molar-refractivity contribution in [3.63, 3.8) is 0 Å². The van der Waals surface area contributed by atoms with Crippen molar-refractivity contribution < 1.29 is 24.2 Å². The van der Waals surface area contributed by atoms with Crippen molar-refractivity contribution in [3.8, 4) is 0 Å². The van der Waals surface area contributed by atoms with Crippen molar-refractivity contribution in [2.75, 3.05) is 13.7 Å². The Labute approximate surface area is 110 Å². The molecule has 1 atom stereocenters. The Hall–Kier alpha value is -2.15. The fourth-order valence-electron chi connectivity index (χ4n) is 1.48. The number of rotatable bonds is 5. The molecule has 0 aromatic carbocycles. The Kier molecular flexibility index (Phi) is 4.82. The number of aryl methyl sites for hydroxylation is 1. The molecule has 104 valence electrons. The predicted octanol–water partition coefficient (Wildman–Crippen LogP) is -0.509. The number of ketones is 1. The van der Waals surface area contributed by atoms with Gasteiger partial charge >= 0.3 is 5.97 Å². The highest BCUT2D eigenvalue weighted by Crippen LogP contribution is 2.08. The van der Waals surface area contributed by atoms with Gasteiger partial charge in [-0.3, -0.25) is 9.59 Å². The quantitative estimate of drug-likeness (QED) is 0.554. The predicted molar refractivity (Wildman–Crippen MR) is 65.8 cm³/mol. The van der Waals surface area contributed by atoms with Crippen LogP contribution in [0.5, 0.6) is 0 Å². The van der Waals surface area contributed by atoms with Crippen LogP contribution in [0.4, 0.5) is 0 Å². The largest absolute Gasteiger partial charge is 0.467 e. The van der Waals surface area contributed by atoms with Crippen molar-refractivity contribution >= 4 is 17.7 Å². The summed E-state index contributed by atoms with van der Waals surface area (Å²) in [5.74, 6) is -1.46. The molecule has 1 aromatic heterocycles. The van der Waals surface area contributed by atoms with Crippen LogP contribution in [0.3, 0.4) is 0 Å². The maximum atomic E-state index is 11.8. The molecule has 0 radical (unpaired) electrons. The maximum Gasteiger partial charge on any atom is 0.336 e. The Morgan fingerprint density at radius 2 is 2.11 bits per heavy atom. The summed E-state index contributed by atoms with van der Waals surface area (Å²) in [6.07, 6.45) is 0.120. The first kappa shape index (κ1) is 14.9. The third kappa shape index (κ3) is 3.65. The molecule has 2 N–H and O–H groups in total. The second kappa shape index (κ2) is 6.14. The van der Waals surface area contributed by atoms with E-state index in [4.69, 9.17) is 0 Å². The van der Waals surface area contributed by atoms with E-state index >= 15 is 0 Å². The fraction of sp³-hybridized carbons (Fsp3) is 0.417. The van der Waals surface area contributed by atoms with Crippen molar-refractivity contribution in [1.29, 1.82) is 0 Å². The minimum absolute atomic E-state index is 0.149. The van der Waals surface area contributed by atoms with E-state index in [1.807, 2.05) is 0 Å². The monoisotopic (exact) mass is 268 g/mol. The number of aromatic nitrogens is 1. The van der Waals surface area contributed by atoms with Gasteiger partial charge in [-0.15, -0.1) is 0 Å². The molecular formula is C12H16N2O5. The first-order valence-electron chi connectivity index (χ1n) is 5.58. The SMILES string of the molecule is COC(=O)C(O)CNC(=O)c1cc(C(C)=O)cn1C. The highest BCUT2D eigenvalue weighted by Gasteiger charge is 2.18. The molecule has 0 fully saturated rings. The van der Waals surface area contributed by atoms with Gasteiger partial charge in [0.25, 0.3) is 5.91 Å². The third-order valence-corrected chi connectivity index (χ3v) is 2.57. The summed E-state index contributed by atoms with van der Waals surface area (Å²) in [7, 11) is 2.77. The van der Waals surface area contributed by atoms with E-state index in [1.54, 1.807) is 7.05 Å². The van der Waals surface area contributed by atoms with Crippen LogP contribution >= 0.6 is 0 Å². The molecule has 19 heavy (non-hydrogen) atoms. The summed E-state index contributed by atoms with van der Waals surface area (Å²) in [5.41, 5.74) is 0.684. The van der Waals surface area contributed by atoms with E-state index in [2.05, 4.69) is 10.1 Å². The molecule has 1 amide bonds. The number of methoxy groups -OCH3 is 1. The number of esters is 1. The van der Waals surface area contributed by atoms with Crippen LogP contribution in [-0.4, -0.2) is 47.1 Å². The minimum atomic E-state index is -1.42. The van der Waals surface area contributed by atoms with Crippen LogP contribution in [0.25, 0.3) is 0 Å².